The average Bonchev–Trinajstić information content (AvgIpc) is 2.49. The zero-order valence-electron chi connectivity index (χ0n) is 14.8. The predicted molar refractivity (Wildman–Crippen MR) is 98.3 cm³/mol. The summed E-state index contributed by atoms with van der Waals surface area (Å²) in [5.41, 5.74) is 0. The van der Waals surface area contributed by atoms with Gasteiger partial charge in [-0.2, -0.15) is 0 Å². The van der Waals surface area contributed by atoms with Gasteiger partial charge in [-0.05, 0) is 33.6 Å². The SMILES string of the molecule is C=C/C=C\C=C/CNC(=O)N1CCC(NS(=O)(=O)C(C)(C)C)CC1. The Hall–Kier alpha value is -1.60. The van der Waals surface area contributed by atoms with Gasteiger partial charge in [0.05, 0.1) is 4.75 Å². The zero-order chi connectivity index (χ0) is 18.2. The Morgan fingerprint density at radius 3 is 2.38 bits per heavy atom. The van der Waals surface area contributed by atoms with Gasteiger partial charge in [-0.25, -0.2) is 17.9 Å². The Bertz CT molecular complexity index is 581. The van der Waals surface area contributed by atoms with Crippen LogP contribution in [0.5, 0.6) is 0 Å². The van der Waals surface area contributed by atoms with Crippen LogP contribution < -0.4 is 10.0 Å². The fraction of sp³-hybridized carbons (Fsp3) is 0.588. The monoisotopic (exact) mass is 355 g/mol. The smallest absolute Gasteiger partial charge is 0.317 e. The number of allylic oxidation sites excluding steroid dienone is 4. The maximum atomic E-state index is 12.2. The number of likely N-dealkylation sites (tertiary alicyclic amines) is 1. The van der Waals surface area contributed by atoms with Gasteiger partial charge in [0.1, 0.15) is 0 Å². The summed E-state index contributed by atoms with van der Waals surface area (Å²) in [4.78, 5) is 13.8. The summed E-state index contributed by atoms with van der Waals surface area (Å²) in [5.74, 6) is 0. The number of carbonyl (C=O) groups excluding carboxylic acids is 1. The standard InChI is InChI=1S/C17H29N3O3S/c1-5-6-7-8-9-12-18-16(21)20-13-10-15(11-14-20)19-24(22,23)17(2,3)4/h5-9,15,19H,1,10-14H2,2-4H3,(H,18,21)/b7-6-,9-8-. The number of nitrogens with one attached hydrogen (secondary N) is 2. The molecule has 0 aliphatic carbocycles. The number of urea groups is 1. The highest BCUT2D eigenvalue weighted by Gasteiger charge is 2.33. The van der Waals surface area contributed by atoms with E-state index in [9.17, 15) is 13.2 Å². The van der Waals surface area contributed by atoms with Gasteiger partial charge in [-0.15, -0.1) is 0 Å². The van der Waals surface area contributed by atoms with Gasteiger partial charge in [-0.1, -0.05) is 37.0 Å². The van der Waals surface area contributed by atoms with E-state index >= 15 is 0 Å². The molecule has 1 fully saturated rings. The van der Waals surface area contributed by atoms with Crippen molar-refractivity contribution in [1.82, 2.24) is 14.9 Å². The molecule has 0 saturated carbocycles. The van der Waals surface area contributed by atoms with Crippen molar-refractivity contribution in [3.05, 3.63) is 37.0 Å². The summed E-state index contributed by atoms with van der Waals surface area (Å²) in [6, 6.07) is -0.230. The Balaban J connectivity index is 2.37. The molecule has 2 N–H and O–H groups in total. The maximum absolute atomic E-state index is 12.2. The Morgan fingerprint density at radius 1 is 1.21 bits per heavy atom. The summed E-state index contributed by atoms with van der Waals surface area (Å²) in [6.07, 6.45) is 10.3. The first-order chi connectivity index (χ1) is 11.2. The van der Waals surface area contributed by atoms with E-state index in [1.165, 1.54) is 0 Å². The molecule has 7 heteroatoms. The first-order valence-electron chi connectivity index (χ1n) is 8.16. The molecule has 1 heterocycles. The van der Waals surface area contributed by atoms with Crippen molar-refractivity contribution in [2.75, 3.05) is 19.6 Å². The first kappa shape index (κ1) is 20.4. The Kier molecular flexibility index (Phi) is 7.69. The third-order valence-electron chi connectivity index (χ3n) is 3.78. The molecular formula is C17H29N3O3S. The van der Waals surface area contributed by atoms with Gasteiger partial charge in [0.15, 0.2) is 0 Å². The lowest BCUT2D eigenvalue weighted by Gasteiger charge is -2.33. The van der Waals surface area contributed by atoms with Crippen LogP contribution in [0.25, 0.3) is 0 Å². The molecule has 0 aromatic heterocycles. The second kappa shape index (κ2) is 9.03. The van der Waals surface area contributed by atoms with Crippen LogP contribution in [-0.2, 0) is 10.0 Å². The molecule has 0 unspecified atom stereocenters. The van der Waals surface area contributed by atoms with E-state index in [1.807, 2.05) is 24.3 Å². The average molecular weight is 356 g/mol. The van der Waals surface area contributed by atoms with Gasteiger partial charge in [0.25, 0.3) is 0 Å². The maximum Gasteiger partial charge on any atom is 0.317 e. The lowest BCUT2D eigenvalue weighted by molar-refractivity contribution is 0.181. The second-order valence-electron chi connectivity index (χ2n) is 6.73. The van der Waals surface area contributed by atoms with Crippen LogP contribution in [0.15, 0.2) is 37.0 Å². The van der Waals surface area contributed by atoms with E-state index in [2.05, 4.69) is 16.6 Å². The predicted octanol–water partition coefficient (Wildman–Crippen LogP) is 2.18. The van der Waals surface area contributed by atoms with Crippen molar-refractivity contribution in [1.29, 1.82) is 0 Å². The first-order valence-corrected chi connectivity index (χ1v) is 9.64. The van der Waals surface area contributed by atoms with Crippen molar-refractivity contribution < 1.29 is 13.2 Å². The molecule has 0 bridgehead atoms. The Morgan fingerprint density at radius 2 is 1.83 bits per heavy atom. The van der Waals surface area contributed by atoms with E-state index in [0.29, 0.717) is 32.5 Å². The van der Waals surface area contributed by atoms with E-state index in [4.69, 9.17) is 0 Å². The number of hydrogen-bond donors (Lipinski definition) is 2. The van der Waals surface area contributed by atoms with Gasteiger partial charge in [0.2, 0.25) is 10.0 Å². The van der Waals surface area contributed by atoms with Crippen molar-refractivity contribution in [2.24, 2.45) is 0 Å². The molecule has 0 radical (unpaired) electrons. The number of nitrogens with zero attached hydrogens (tertiary/aromatic N) is 1. The van der Waals surface area contributed by atoms with Crippen LogP contribution in [0.2, 0.25) is 0 Å². The van der Waals surface area contributed by atoms with Crippen LogP contribution in [0.4, 0.5) is 4.79 Å². The van der Waals surface area contributed by atoms with Crippen LogP contribution in [0.1, 0.15) is 33.6 Å². The fourth-order valence-electron chi connectivity index (χ4n) is 2.14. The number of carbonyl (C=O) groups is 1. The quantitative estimate of drug-likeness (QED) is 0.717. The highest BCUT2D eigenvalue weighted by molar-refractivity contribution is 7.90. The largest absolute Gasteiger partial charge is 0.335 e. The van der Waals surface area contributed by atoms with Crippen molar-refractivity contribution in [2.45, 2.75) is 44.4 Å². The minimum Gasteiger partial charge on any atom is -0.335 e. The molecule has 1 rings (SSSR count). The highest BCUT2D eigenvalue weighted by atomic mass is 32.2. The molecule has 1 aliphatic rings. The number of rotatable bonds is 6. The lowest BCUT2D eigenvalue weighted by atomic mass is 10.1. The number of amides is 2. The summed E-state index contributed by atoms with van der Waals surface area (Å²) < 4.78 is 26.3. The third-order valence-corrected chi connectivity index (χ3v) is 6.03. The molecule has 0 aromatic carbocycles. The van der Waals surface area contributed by atoms with Crippen molar-refractivity contribution in [3.8, 4) is 0 Å². The number of hydrogen-bond acceptors (Lipinski definition) is 3. The van der Waals surface area contributed by atoms with Gasteiger partial charge >= 0.3 is 6.03 Å². The van der Waals surface area contributed by atoms with E-state index in [-0.39, 0.29) is 12.1 Å². The summed E-state index contributed by atoms with van der Waals surface area (Å²) in [5, 5.41) is 2.82. The third kappa shape index (κ3) is 6.49. The van der Waals surface area contributed by atoms with E-state index < -0.39 is 14.8 Å². The molecule has 0 atom stereocenters. The van der Waals surface area contributed by atoms with E-state index in [1.54, 1.807) is 31.7 Å². The Labute approximate surface area is 145 Å². The normalized spacial score (nSPS) is 17.5. The minimum atomic E-state index is -3.35. The molecule has 2 amide bonds. The minimum absolute atomic E-state index is 0.109. The van der Waals surface area contributed by atoms with Gasteiger partial charge in [-0.3, -0.25) is 0 Å². The van der Waals surface area contributed by atoms with Crippen LogP contribution >= 0.6 is 0 Å². The topological polar surface area (TPSA) is 78.5 Å². The molecule has 6 nitrogen and oxygen atoms in total. The van der Waals surface area contributed by atoms with Crippen LogP contribution in [-0.4, -0.2) is 49.8 Å². The van der Waals surface area contributed by atoms with E-state index in [0.717, 1.165) is 0 Å². The van der Waals surface area contributed by atoms with Crippen LogP contribution in [0.3, 0.4) is 0 Å². The molecule has 0 spiro atoms. The fourth-order valence-corrected chi connectivity index (χ4v) is 3.17. The number of piperidine rings is 1. The molecule has 1 saturated heterocycles. The second-order valence-corrected chi connectivity index (χ2v) is 9.20. The van der Waals surface area contributed by atoms with Gasteiger partial charge in [0, 0.05) is 25.7 Å². The molecule has 0 aromatic rings. The molecular weight excluding hydrogens is 326 g/mol. The van der Waals surface area contributed by atoms with Crippen LogP contribution in [0, 0.1) is 0 Å². The number of sulfonamides is 1. The zero-order valence-corrected chi connectivity index (χ0v) is 15.6. The lowest BCUT2D eigenvalue weighted by Crippen LogP contribution is -2.51. The van der Waals surface area contributed by atoms with Gasteiger partial charge < -0.3 is 10.2 Å². The summed E-state index contributed by atoms with van der Waals surface area (Å²) in [6.45, 7) is 10.1. The molecule has 1 aliphatic heterocycles. The van der Waals surface area contributed by atoms with Crippen molar-refractivity contribution in [3.63, 3.8) is 0 Å². The highest BCUT2D eigenvalue weighted by Crippen LogP contribution is 2.17. The summed E-state index contributed by atoms with van der Waals surface area (Å²) >= 11 is 0. The molecule has 24 heavy (non-hydrogen) atoms. The van der Waals surface area contributed by atoms with Crippen molar-refractivity contribution >= 4 is 16.1 Å². The summed E-state index contributed by atoms with van der Waals surface area (Å²) in [7, 11) is -3.35. The molecule has 136 valence electrons.